The summed E-state index contributed by atoms with van der Waals surface area (Å²) in [6.07, 6.45) is 1.91. The summed E-state index contributed by atoms with van der Waals surface area (Å²) in [5.41, 5.74) is 12.3. The van der Waals surface area contributed by atoms with E-state index in [1.165, 1.54) is 6.07 Å². The van der Waals surface area contributed by atoms with Gasteiger partial charge in [0.15, 0.2) is 5.17 Å². The lowest BCUT2D eigenvalue weighted by Crippen LogP contribution is -2.15. The highest BCUT2D eigenvalue weighted by atomic mass is 32.2. The van der Waals surface area contributed by atoms with Crippen molar-refractivity contribution >= 4 is 22.6 Å². The minimum absolute atomic E-state index is 0.231. The van der Waals surface area contributed by atoms with Gasteiger partial charge in [-0.3, -0.25) is 4.99 Å². The number of nitrogens with two attached hydrogens (primary N) is 2. The molecule has 90 valence electrons. The highest BCUT2D eigenvalue weighted by Gasteiger charge is 2.57. The summed E-state index contributed by atoms with van der Waals surface area (Å²) in [4.78, 5) is 4.52. The normalized spacial score (nSPS) is 31.4. The largest absolute Gasteiger partial charge is 0.399 e. The highest BCUT2D eigenvalue weighted by Crippen LogP contribution is 2.59. The number of hydrogen-bond acceptors (Lipinski definition) is 4. The molecular formula is C12H14FN3S. The van der Waals surface area contributed by atoms with Gasteiger partial charge < -0.3 is 11.5 Å². The van der Waals surface area contributed by atoms with Crippen LogP contribution in [0.5, 0.6) is 0 Å². The molecule has 0 bridgehead atoms. The minimum atomic E-state index is -0.437. The average Bonchev–Trinajstić information content (AvgIpc) is 2.96. The van der Waals surface area contributed by atoms with Gasteiger partial charge >= 0.3 is 0 Å². The van der Waals surface area contributed by atoms with Crippen molar-refractivity contribution in [1.29, 1.82) is 0 Å². The number of fused-ring (bicyclic) bond motifs is 1. The molecule has 5 heteroatoms. The zero-order valence-corrected chi connectivity index (χ0v) is 10.1. The van der Waals surface area contributed by atoms with Gasteiger partial charge in [-0.15, -0.1) is 0 Å². The Hall–Kier alpha value is -1.23. The van der Waals surface area contributed by atoms with Crippen molar-refractivity contribution < 1.29 is 4.39 Å². The predicted octanol–water partition coefficient (Wildman–Crippen LogP) is 2.07. The van der Waals surface area contributed by atoms with Crippen molar-refractivity contribution in [2.45, 2.75) is 18.4 Å². The van der Waals surface area contributed by atoms with Crippen molar-refractivity contribution in [3.05, 3.63) is 29.6 Å². The van der Waals surface area contributed by atoms with Gasteiger partial charge in [0.05, 0.1) is 5.54 Å². The van der Waals surface area contributed by atoms with Crippen LogP contribution in [0.25, 0.3) is 0 Å². The Morgan fingerprint density at radius 3 is 3.06 bits per heavy atom. The van der Waals surface area contributed by atoms with Crippen LogP contribution in [0.4, 0.5) is 10.1 Å². The second-order valence-corrected chi connectivity index (χ2v) is 5.77. The molecule has 1 aliphatic heterocycles. The van der Waals surface area contributed by atoms with Crippen molar-refractivity contribution in [1.82, 2.24) is 0 Å². The predicted molar refractivity (Wildman–Crippen MR) is 69.3 cm³/mol. The fourth-order valence-electron chi connectivity index (χ4n) is 2.59. The lowest BCUT2D eigenvalue weighted by atomic mass is 10.0. The number of hydrogen-bond donors (Lipinski definition) is 2. The molecule has 1 heterocycles. The fraction of sp³-hybridized carbons (Fsp3) is 0.417. The van der Waals surface area contributed by atoms with Gasteiger partial charge in [-0.05, 0) is 37.0 Å². The number of halogens is 1. The Morgan fingerprint density at radius 2 is 2.24 bits per heavy atom. The van der Waals surface area contributed by atoms with Crippen LogP contribution in [0.15, 0.2) is 23.2 Å². The molecule has 17 heavy (non-hydrogen) atoms. The molecule has 1 aromatic rings. The van der Waals surface area contributed by atoms with E-state index in [4.69, 9.17) is 11.5 Å². The third kappa shape index (κ3) is 1.69. The fourth-order valence-corrected chi connectivity index (χ4v) is 3.43. The van der Waals surface area contributed by atoms with E-state index >= 15 is 0 Å². The van der Waals surface area contributed by atoms with E-state index in [0.717, 1.165) is 18.6 Å². The van der Waals surface area contributed by atoms with Crippen molar-refractivity contribution in [3.8, 4) is 0 Å². The lowest BCUT2D eigenvalue weighted by molar-refractivity contribution is 0.551. The maximum absolute atomic E-state index is 13.9. The summed E-state index contributed by atoms with van der Waals surface area (Å²) in [7, 11) is 0. The third-order valence-corrected chi connectivity index (χ3v) is 4.38. The molecule has 1 aromatic carbocycles. The molecule has 0 aromatic heterocycles. The summed E-state index contributed by atoms with van der Waals surface area (Å²) < 4.78 is 13.9. The first kappa shape index (κ1) is 10.9. The van der Waals surface area contributed by atoms with E-state index in [2.05, 4.69) is 4.99 Å². The molecule has 3 nitrogen and oxygen atoms in total. The second kappa shape index (κ2) is 3.63. The number of thioether (sulfide) groups is 1. The molecule has 1 saturated carbocycles. The van der Waals surface area contributed by atoms with Crippen LogP contribution in [-0.4, -0.2) is 10.9 Å². The van der Waals surface area contributed by atoms with E-state index < -0.39 is 5.54 Å². The van der Waals surface area contributed by atoms with Crippen molar-refractivity contribution in [3.63, 3.8) is 0 Å². The van der Waals surface area contributed by atoms with Gasteiger partial charge in [0.25, 0.3) is 0 Å². The first-order valence-electron chi connectivity index (χ1n) is 5.65. The van der Waals surface area contributed by atoms with Crippen LogP contribution >= 0.6 is 11.8 Å². The van der Waals surface area contributed by atoms with E-state index in [1.54, 1.807) is 23.9 Å². The molecule has 0 amide bonds. The number of anilines is 1. The van der Waals surface area contributed by atoms with Gasteiger partial charge in [-0.25, -0.2) is 4.39 Å². The van der Waals surface area contributed by atoms with Crippen LogP contribution < -0.4 is 11.5 Å². The van der Waals surface area contributed by atoms with Gasteiger partial charge in [0.1, 0.15) is 5.82 Å². The maximum atomic E-state index is 13.9. The molecule has 4 N–H and O–H groups in total. The van der Waals surface area contributed by atoms with Crippen molar-refractivity contribution in [2.75, 3.05) is 11.5 Å². The van der Waals surface area contributed by atoms with Gasteiger partial charge in [0, 0.05) is 17.0 Å². The maximum Gasteiger partial charge on any atom is 0.154 e. The lowest BCUT2D eigenvalue weighted by Gasteiger charge is -2.14. The molecule has 0 radical (unpaired) electrons. The van der Waals surface area contributed by atoms with Gasteiger partial charge in [-0.1, -0.05) is 11.8 Å². The molecule has 3 rings (SSSR count). The molecule has 0 spiro atoms. The smallest absolute Gasteiger partial charge is 0.154 e. The first-order valence-corrected chi connectivity index (χ1v) is 6.64. The molecule has 2 atom stereocenters. The average molecular weight is 251 g/mol. The first-order chi connectivity index (χ1) is 8.12. The number of amidine groups is 1. The number of aliphatic imine (C=N–C) groups is 1. The Morgan fingerprint density at radius 1 is 1.41 bits per heavy atom. The van der Waals surface area contributed by atoms with Crippen LogP contribution in [0.3, 0.4) is 0 Å². The number of nitrogens with zero attached hydrogens (tertiary/aromatic N) is 1. The third-order valence-electron chi connectivity index (χ3n) is 3.56. The Labute approximate surface area is 103 Å². The number of benzene rings is 1. The van der Waals surface area contributed by atoms with Crippen LogP contribution in [-0.2, 0) is 5.54 Å². The minimum Gasteiger partial charge on any atom is -0.399 e. The van der Waals surface area contributed by atoms with Crippen LogP contribution in [0.2, 0.25) is 0 Å². The molecule has 1 fully saturated rings. The Balaban J connectivity index is 2.09. The zero-order valence-electron chi connectivity index (χ0n) is 9.32. The summed E-state index contributed by atoms with van der Waals surface area (Å²) in [6, 6.07) is 4.69. The summed E-state index contributed by atoms with van der Waals surface area (Å²) >= 11 is 1.55. The van der Waals surface area contributed by atoms with E-state index in [-0.39, 0.29) is 5.82 Å². The summed E-state index contributed by atoms with van der Waals surface area (Å²) in [6.45, 7) is 0. The molecule has 1 aliphatic carbocycles. The van der Waals surface area contributed by atoms with Crippen LogP contribution in [0, 0.1) is 11.7 Å². The SMILES string of the molecule is NC1=NC2(c3cc(N)ccc3F)CC2CCS1. The summed E-state index contributed by atoms with van der Waals surface area (Å²) in [5, 5.41) is 0.562. The molecule has 0 saturated heterocycles. The molecular weight excluding hydrogens is 237 g/mol. The number of rotatable bonds is 1. The van der Waals surface area contributed by atoms with E-state index in [1.807, 2.05) is 0 Å². The summed E-state index contributed by atoms with van der Waals surface area (Å²) in [5.74, 6) is 1.14. The molecule has 2 aliphatic rings. The molecule has 2 unspecified atom stereocenters. The monoisotopic (exact) mass is 251 g/mol. The standard InChI is InChI=1S/C12H14FN3S/c13-10-2-1-8(14)5-9(10)12-6-7(12)3-4-17-11(15)16-12/h1-2,5,7H,3-4,6,14H2,(H2,15,16). The highest BCUT2D eigenvalue weighted by molar-refractivity contribution is 8.13. The Bertz CT molecular complexity index is 503. The van der Waals surface area contributed by atoms with Crippen LogP contribution in [0.1, 0.15) is 18.4 Å². The Kier molecular flexibility index (Phi) is 2.33. The van der Waals surface area contributed by atoms with E-state index in [9.17, 15) is 4.39 Å². The topological polar surface area (TPSA) is 64.4 Å². The second-order valence-electron chi connectivity index (χ2n) is 4.65. The quantitative estimate of drug-likeness (QED) is 0.751. The van der Waals surface area contributed by atoms with Crippen molar-refractivity contribution in [2.24, 2.45) is 16.6 Å². The van der Waals surface area contributed by atoms with Gasteiger partial charge in [-0.2, -0.15) is 0 Å². The zero-order chi connectivity index (χ0) is 12.0. The van der Waals surface area contributed by atoms with Gasteiger partial charge in [0.2, 0.25) is 0 Å². The number of nitrogen functional groups attached to an aromatic ring is 1. The van der Waals surface area contributed by atoms with E-state index in [0.29, 0.717) is 22.3 Å².